The molecule has 1 atom stereocenters. The number of carbonyl (C=O) groups is 1. The zero-order chi connectivity index (χ0) is 28.0. The number of alkyl halides is 3. The van der Waals surface area contributed by atoms with Crippen molar-refractivity contribution in [2.75, 3.05) is 36.4 Å². The van der Waals surface area contributed by atoms with Gasteiger partial charge in [0.15, 0.2) is 11.6 Å². The van der Waals surface area contributed by atoms with Crippen molar-refractivity contribution in [2.24, 2.45) is 11.7 Å². The number of nitrogens with one attached hydrogen (secondary N) is 1. The molecule has 3 N–H and O–H groups in total. The molecule has 208 valence electrons. The summed E-state index contributed by atoms with van der Waals surface area (Å²) in [5.41, 5.74) is 6.36. The van der Waals surface area contributed by atoms with Crippen LogP contribution in [0.5, 0.6) is 0 Å². The third-order valence-electron chi connectivity index (χ3n) is 6.97. The Bertz CT molecular complexity index is 1230. The molecule has 4 rings (SSSR count). The van der Waals surface area contributed by atoms with E-state index in [1.54, 1.807) is 29.4 Å². The number of likely N-dealkylation sites (tertiary alicyclic amines) is 1. The normalized spacial score (nSPS) is 15.6. The zero-order valence-electron chi connectivity index (χ0n) is 21.5. The molecule has 1 aliphatic rings. The predicted octanol–water partition coefficient (Wildman–Crippen LogP) is 4.41. The average Bonchev–Trinajstić information content (AvgIpc) is 2.92. The molecule has 0 bridgehead atoms. The number of amides is 1. The van der Waals surface area contributed by atoms with Crippen LogP contribution in [0.2, 0.25) is 0 Å². The smallest absolute Gasteiger partial charge is 0.368 e. The largest absolute Gasteiger partial charge is 0.416 e. The van der Waals surface area contributed by atoms with Gasteiger partial charge >= 0.3 is 6.18 Å². The van der Waals surface area contributed by atoms with Crippen LogP contribution in [0.15, 0.2) is 55.1 Å². The number of hydrogen-bond donors (Lipinski definition) is 2. The third-order valence-corrected chi connectivity index (χ3v) is 6.97. The number of aromatic nitrogens is 3. The molecule has 1 fully saturated rings. The van der Waals surface area contributed by atoms with Crippen LogP contribution in [0.1, 0.15) is 42.5 Å². The Morgan fingerprint density at radius 2 is 1.79 bits per heavy atom. The molecule has 8 nitrogen and oxygen atoms in total. The van der Waals surface area contributed by atoms with Crippen molar-refractivity contribution in [3.8, 4) is 0 Å². The molecule has 2 aromatic heterocycles. The Morgan fingerprint density at radius 3 is 2.38 bits per heavy atom. The molecule has 1 unspecified atom stereocenters. The number of rotatable bonds is 10. The molecule has 3 aromatic rings. The molecule has 0 radical (unpaired) electrons. The summed E-state index contributed by atoms with van der Waals surface area (Å²) in [6, 6.07) is 7.85. The van der Waals surface area contributed by atoms with Crippen LogP contribution in [0, 0.1) is 11.7 Å². The number of hydrogen-bond acceptors (Lipinski definition) is 7. The number of pyridine rings is 1. The summed E-state index contributed by atoms with van der Waals surface area (Å²) in [6.07, 6.45) is 1.70. The minimum atomic E-state index is -4.41. The summed E-state index contributed by atoms with van der Waals surface area (Å²) in [5.74, 6) is -0.647. The fourth-order valence-corrected chi connectivity index (χ4v) is 4.82. The van der Waals surface area contributed by atoms with Gasteiger partial charge in [-0.15, -0.1) is 0 Å². The first kappa shape index (κ1) is 28.2. The van der Waals surface area contributed by atoms with Crippen LogP contribution in [0.25, 0.3) is 0 Å². The Labute approximate surface area is 224 Å². The van der Waals surface area contributed by atoms with Gasteiger partial charge in [-0.05, 0) is 74.2 Å². The number of primary amides is 1. The highest BCUT2D eigenvalue weighted by Gasteiger charge is 2.31. The summed E-state index contributed by atoms with van der Waals surface area (Å²) >= 11 is 0. The van der Waals surface area contributed by atoms with Crippen molar-refractivity contribution >= 4 is 17.5 Å². The molecule has 1 saturated heterocycles. The number of nitrogens with two attached hydrogens (primary N) is 1. The van der Waals surface area contributed by atoms with E-state index in [0.29, 0.717) is 31.7 Å². The lowest BCUT2D eigenvalue weighted by Crippen LogP contribution is -2.43. The van der Waals surface area contributed by atoms with Crippen molar-refractivity contribution in [3.05, 3.63) is 77.6 Å². The van der Waals surface area contributed by atoms with Gasteiger partial charge in [0.05, 0.1) is 5.56 Å². The van der Waals surface area contributed by atoms with Crippen LogP contribution < -0.4 is 16.0 Å². The van der Waals surface area contributed by atoms with Crippen LogP contribution in [-0.2, 0) is 17.5 Å². The van der Waals surface area contributed by atoms with Crippen molar-refractivity contribution in [3.63, 3.8) is 0 Å². The fourth-order valence-electron chi connectivity index (χ4n) is 4.82. The monoisotopic (exact) mass is 545 g/mol. The van der Waals surface area contributed by atoms with Gasteiger partial charge in [0.1, 0.15) is 12.4 Å². The lowest BCUT2D eigenvalue weighted by atomic mass is 9.94. The number of carbonyl (C=O) groups excluding carboxylic acids is 1. The molecule has 0 spiro atoms. The molecule has 12 heteroatoms. The van der Waals surface area contributed by atoms with Gasteiger partial charge in [-0.1, -0.05) is 12.1 Å². The van der Waals surface area contributed by atoms with Crippen LogP contribution in [0.3, 0.4) is 0 Å². The summed E-state index contributed by atoms with van der Waals surface area (Å²) in [5, 5.41) is 3.09. The molecule has 0 saturated carbocycles. The van der Waals surface area contributed by atoms with Gasteiger partial charge in [-0.25, -0.2) is 9.97 Å². The minimum absolute atomic E-state index is 0.0695. The van der Waals surface area contributed by atoms with Crippen molar-refractivity contribution in [1.82, 2.24) is 19.9 Å². The van der Waals surface area contributed by atoms with Crippen LogP contribution >= 0.6 is 0 Å². The molecule has 1 aromatic carbocycles. The van der Waals surface area contributed by atoms with Gasteiger partial charge in [-0.3, -0.25) is 14.7 Å². The van der Waals surface area contributed by atoms with Crippen LogP contribution in [-0.4, -0.2) is 51.9 Å². The second-order valence-electron chi connectivity index (χ2n) is 9.51. The van der Waals surface area contributed by atoms with Gasteiger partial charge < -0.3 is 16.0 Å². The van der Waals surface area contributed by atoms with E-state index in [2.05, 4.69) is 25.2 Å². The Kier molecular flexibility index (Phi) is 8.95. The quantitative estimate of drug-likeness (QED) is 0.364. The maximum absolute atomic E-state index is 15.4. The molecule has 1 amide bonds. The number of piperidine rings is 1. The third kappa shape index (κ3) is 6.99. The predicted molar refractivity (Wildman–Crippen MR) is 139 cm³/mol. The highest BCUT2D eigenvalue weighted by molar-refractivity contribution is 5.81. The molecule has 1 aliphatic heterocycles. The highest BCUT2D eigenvalue weighted by Crippen LogP contribution is 2.30. The lowest BCUT2D eigenvalue weighted by Gasteiger charge is -2.36. The van der Waals surface area contributed by atoms with Gasteiger partial charge in [0.2, 0.25) is 11.7 Å². The van der Waals surface area contributed by atoms with Gasteiger partial charge in [-0.2, -0.15) is 17.6 Å². The van der Waals surface area contributed by atoms with Gasteiger partial charge in [0.25, 0.3) is 0 Å². The first-order chi connectivity index (χ1) is 18.7. The summed E-state index contributed by atoms with van der Waals surface area (Å²) in [4.78, 5) is 28.0. The van der Waals surface area contributed by atoms with E-state index >= 15 is 4.39 Å². The van der Waals surface area contributed by atoms with Crippen molar-refractivity contribution in [1.29, 1.82) is 0 Å². The Morgan fingerprint density at radius 1 is 1.13 bits per heavy atom. The second-order valence-corrected chi connectivity index (χ2v) is 9.51. The Balaban J connectivity index is 1.36. The first-order valence-corrected chi connectivity index (χ1v) is 12.8. The fraction of sp³-hybridized carbons (Fsp3) is 0.407. The van der Waals surface area contributed by atoms with E-state index in [9.17, 15) is 18.0 Å². The number of anilines is 2. The van der Waals surface area contributed by atoms with E-state index in [1.165, 1.54) is 18.5 Å². The minimum Gasteiger partial charge on any atom is -0.368 e. The number of benzene rings is 1. The van der Waals surface area contributed by atoms with E-state index in [0.717, 1.165) is 30.5 Å². The topological polar surface area (TPSA) is 100 Å². The van der Waals surface area contributed by atoms with E-state index in [1.807, 2.05) is 6.92 Å². The summed E-state index contributed by atoms with van der Waals surface area (Å²) < 4.78 is 54.0. The first-order valence-electron chi connectivity index (χ1n) is 12.8. The Hall–Kier alpha value is -3.80. The van der Waals surface area contributed by atoms with Gasteiger partial charge in [0, 0.05) is 32.0 Å². The zero-order valence-corrected chi connectivity index (χ0v) is 21.5. The highest BCUT2D eigenvalue weighted by atomic mass is 19.4. The average molecular weight is 546 g/mol. The molecule has 0 aliphatic carbocycles. The van der Waals surface area contributed by atoms with Crippen LogP contribution in [0.4, 0.5) is 29.2 Å². The number of nitrogens with zero attached hydrogens (tertiary/aromatic N) is 5. The molecule has 39 heavy (non-hydrogen) atoms. The van der Waals surface area contributed by atoms with Crippen molar-refractivity contribution in [2.45, 2.75) is 38.5 Å². The maximum atomic E-state index is 15.4. The maximum Gasteiger partial charge on any atom is 0.416 e. The molecular formula is C27H31F4N7O. The molecular weight excluding hydrogens is 514 g/mol. The second kappa shape index (κ2) is 12.4. The van der Waals surface area contributed by atoms with Crippen molar-refractivity contribution < 1.29 is 22.4 Å². The summed E-state index contributed by atoms with van der Waals surface area (Å²) in [6.45, 7) is 4.22. The summed E-state index contributed by atoms with van der Waals surface area (Å²) in [7, 11) is 0. The lowest BCUT2D eigenvalue weighted by molar-refractivity contribution is -0.137. The van der Waals surface area contributed by atoms with E-state index in [4.69, 9.17) is 5.73 Å². The molecule has 3 heterocycles. The van der Waals surface area contributed by atoms with E-state index < -0.39 is 29.5 Å². The number of halogens is 4. The SMILES string of the molecule is CCN(Cc1ccc(C(F)(F)F)cc1)c1ncnc(NCC2CCN(C(C(N)=O)c3ccncc3)CC2)c1F. The standard InChI is InChI=1S/C27H31F4N7O/c1-2-37(16-19-3-5-21(6-4-19)27(29,30)31)26-22(28)25(35-17-36-26)34-15-18-9-13-38(14-10-18)23(24(32)39)20-7-11-33-12-8-20/h3-8,11-12,17-18,23H,2,9-10,13-16H2,1H3,(H2,32,39)(H,34,35,36). The van der Waals surface area contributed by atoms with E-state index in [-0.39, 0.29) is 24.1 Å².